The summed E-state index contributed by atoms with van der Waals surface area (Å²) < 4.78 is 6.01. The molecule has 1 aromatic heterocycles. The number of hydrogen-bond donors (Lipinski definition) is 1. The molecule has 0 amide bonds. The van der Waals surface area contributed by atoms with Gasteiger partial charge in [-0.3, -0.25) is 4.98 Å². The Morgan fingerprint density at radius 2 is 2.11 bits per heavy atom. The molecule has 2 rings (SSSR count). The van der Waals surface area contributed by atoms with E-state index in [-0.39, 0.29) is 0 Å². The summed E-state index contributed by atoms with van der Waals surface area (Å²) in [5, 5.41) is 3.34. The highest BCUT2D eigenvalue weighted by Gasteiger charge is 2.23. The molecule has 4 heteroatoms. The third-order valence-corrected chi connectivity index (χ3v) is 3.66. The fourth-order valence-electron chi connectivity index (χ4n) is 2.45. The lowest BCUT2D eigenvalue weighted by molar-refractivity contribution is 0.0968. The first-order valence-corrected chi connectivity index (χ1v) is 7.36. The molecule has 0 spiro atoms. The predicted molar refractivity (Wildman–Crippen MR) is 76.1 cm³/mol. The molecule has 106 valence electrons. The van der Waals surface area contributed by atoms with Crippen LogP contribution < -0.4 is 10.1 Å². The molecule has 0 aromatic carbocycles. The standard InChI is InChI=1S/C15H25N3O/c1-11(2)17-9-13-8-16-10-15(18-13)19-14-7-5-4-6-12(14)3/h8,10-12,14,17H,4-7,9H2,1-3H3. The van der Waals surface area contributed by atoms with Crippen molar-refractivity contribution in [3.05, 3.63) is 18.1 Å². The molecule has 1 N–H and O–H groups in total. The first-order valence-electron chi connectivity index (χ1n) is 7.36. The summed E-state index contributed by atoms with van der Waals surface area (Å²) in [5.74, 6) is 1.29. The van der Waals surface area contributed by atoms with Crippen molar-refractivity contribution >= 4 is 0 Å². The Labute approximate surface area is 116 Å². The largest absolute Gasteiger partial charge is 0.473 e. The normalized spacial score (nSPS) is 23.6. The van der Waals surface area contributed by atoms with Gasteiger partial charge < -0.3 is 10.1 Å². The lowest BCUT2D eigenvalue weighted by Crippen LogP contribution is -2.29. The fourth-order valence-corrected chi connectivity index (χ4v) is 2.45. The van der Waals surface area contributed by atoms with E-state index in [0.717, 1.165) is 18.7 Å². The Kier molecular flexibility index (Phi) is 5.14. The molecule has 2 atom stereocenters. The van der Waals surface area contributed by atoms with Gasteiger partial charge in [0.15, 0.2) is 0 Å². The number of rotatable bonds is 5. The molecule has 0 bridgehead atoms. The van der Waals surface area contributed by atoms with Crippen LogP contribution in [-0.4, -0.2) is 22.1 Å². The zero-order chi connectivity index (χ0) is 13.7. The van der Waals surface area contributed by atoms with Crippen LogP contribution in [0.15, 0.2) is 12.4 Å². The Bertz CT molecular complexity index is 395. The van der Waals surface area contributed by atoms with Gasteiger partial charge in [0, 0.05) is 18.8 Å². The smallest absolute Gasteiger partial charge is 0.232 e. The van der Waals surface area contributed by atoms with Crippen LogP contribution in [0.3, 0.4) is 0 Å². The first-order chi connectivity index (χ1) is 9.15. The maximum absolute atomic E-state index is 6.01. The van der Waals surface area contributed by atoms with Crippen LogP contribution in [0.4, 0.5) is 0 Å². The molecule has 1 aliphatic rings. The van der Waals surface area contributed by atoms with Crippen molar-refractivity contribution in [2.24, 2.45) is 5.92 Å². The molecule has 0 radical (unpaired) electrons. The lowest BCUT2D eigenvalue weighted by Gasteiger charge is -2.28. The van der Waals surface area contributed by atoms with Gasteiger partial charge in [0.25, 0.3) is 0 Å². The summed E-state index contributed by atoms with van der Waals surface area (Å²) in [4.78, 5) is 8.75. The maximum atomic E-state index is 6.01. The van der Waals surface area contributed by atoms with Crippen molar-refractivity contribution in [1.82, 2.24) is 15.3 Å². The average molecular weight is 263 g/mol. The molecule has 1 fully saturated rings. The predicted octanol–water partition coefficient (Wildman–Crippen LogP) is 2.93. The Hall–Kier alpha value is -1.16. The van der Waals surface area contributed by atoms with E-state index in [4.69, 9.17) is 4.74 Å². The van der Waals surface area contributed by atoms with Crippen LogP contribution in [0, 0.1) is 5.92 Å². The monoisotopic (exact) mass is 263 g/mol. The van der Waals surface area contributed by atoms with Crippen molar-refractivity contribution in [3.8, 4) is 5.88 Å². The summed E-state index contributed by atoms with van der Waals surface area (Å²) in [6.45, 7) is 7.25. The Morgan fingerprint density at radius 1 is 1.32 bits per heavy atom. The van der Waals surface area contributed by atoms with Crippen LogP contribution in [0.2, 0.25) is 0 Å². The second-order valence-electron chi connectivity index (χ2n) is 5.80. The van der Waals surface area contributed by atoms with Crippen molar-refractivity contribution in [1.29, 1.82) is 0 Å². The third kappa shape index (κ3) is 4.46. The first kappa shape index (κ1) is 14.3. The van der Waals surface area contributed by atoms with E-state index >= 15 is 0 Å². The van der Waals surface area contributed by atoms with Gasteiger partial charge in [-0.25, -0.2) is 4.98 Å². The van der Waals surface area contributed by atoms with Gasteiger partial charge in [0.2, 0.25) is 5.88 Å². The molecule has 0 aliphatic heterocycles. The van der Waals surface area contributed by atoms with E-state index in [9.17, 15) is 0 Å². The number of nitrogens with one attached hydrogen (secondary N) is 1. The van der Waals surface area contributed by atoms with E-state index in [1.165, 1.54) is 19.3 Å². The van der Waals surface area contributed by atoms with Gasteiger partial charge in [-0.1, -0.05) is 27.2 Å². The highest BCUT2D eigenvalue weighted by Crippen LogP contribution is 2.27. The van der Waals surface area contributed by atoms with Crippen LogP contribution in [0.5, 0.6) is 5.88 Å². The second-order valence-corrected chi connectivity index (χ2v) is 5.80. The summed E-state index contributed by atoms with van der Waals surface area (Å²) in [6.07, 6.45) is 8.80. The molecule has 2 unspecified atom stereocenters. The zero-order valence-corrected chi connectivity index (χ0v) is 12.2. The molecule has 0 saturated heterocycles. The zero-order valence-electron chi connectivity index (χ0n) is 12.2. The van der Waals surface area contributed by atoms with Gasteiger partial charge in [-0.15, -0.1) is 0 Å². The molecule has 1 aromatic rings. The van der Waals surface area contributed by atoms with E-state index in [1.807, 2.05) is 0 Å². The van der Waals surface area contributed by atoms with Crippen molar-refractivity contribution in [2.75, 3.05) is 0 Å². The van der Waals surface area contributed by atoms with Gasteiger partial charge in [0.05, 0.1) is 11.9 Å². The topological polar surface area (TPSA) is 47.0 Å². The number of hydrogen-bond acceptors (Lipinski definition) is 4. The molecule has 19 heavy (non-hydrogen) atoms. The summed E-state index contributed by atoms with van der Waals surface area (Å²) in [7, 11) is 0. The van der Waals surface area contributed by atoms with Crippen LogP contribution in [0.1, 0.15) is 52.1 Å². The van der Waals surface area contributed by atoms with E-state index < -0.39 is 0 Å². The summed E-state index contributed by atoms with van der Waals surface area (Å²) >= 11 is 0. The third-order valence-electron chi connectivity index (χ3n) is 3.66. The van der Waals surface area contributed by atoms with Gasteiger partial charge in [0.1, 0.15) is 6.10 Å². The average Bonchev–Trinajstić information content (AvgIpc) is 2.40. The maximum Gasteiger partial charge on any atom is 0.232 e. The minimum absolute atomic E-state index is 0.302. The van der Waals surface area contributed by atoms with Crippen LogP contribution in [0.25, 0.3) is 0 Å². The number of ether oxygens (including phenoxy) is 1. The van der Waals surface area contributed by atoms with Crippen molar-refractivity contribution < 1.29 is 4.74 Å². The SMILES string of the molecule is CC(C)NCc1cncc(OC2CCCCC2C)n1. The Balaban J connectivity index is 1.94. The lowest BCUT2D eigenvalue weighted by atomic mass is 9.88. The summed E-state index contributed by atoms with van der Waals surface area (Å²) in [5.41, 5.74) is 0.940. The molecular weight excluding hydrogens is 238 g/mol. The molecular formula is C15H25N3O. The van der Waals surface area contributed by atoms with E-state index in [2.05, 4.69) is 36.1 Å². The minimum atomic E-state index is 0.302. The highest BCUT2D eigenvalue weighted by atomic mass is 16.5. The molecule has 1 aliphatic carbocycles. The van der Waals surface area contributed by atoms with Crippen LogP contribution in [-0.2, 0) is 6.54 Å². The number of aromatic nitrogens is 2. The van der Waals surface area contributed by atoms with Gasteiger partial charge in [-0.2, -0.15) is 0 Å². The second kappa shape index (κ2) is 6.85. The van der Waals surface area contributed by atoms with Crippen LogP contribution >= 0.6 is 0 Å². The molecule has 1 saturated carbocycles. The summed E-state index contributed by atoms with van der Waals surface area (Å²) in [6, 6.07) is 0.449. The van der Waals surface area contributed by atoms with E-state index in [0.29, 0.717) is 23.9 Å². The molecule has 1 heterocycles. The van der Waals surface area contributed by atoms with Gasteiger partial charge >= 0.3 is 0 Å². The fraction of sp³-hybridized carbons (Fsp3) is 0.733. The van der Waals surface area contributed by atoms with E-state index in [1.54, 1.807) is 12.4 Å². The quantitative estimate of drug-likeness (QED) is 0.887. The highest BCUT2D eigenvalue weighted by molar-refractivity contribution is 5.09. The molecule has 4 nitrogen and oxygen atoms in total. The Morgan fingerprint density at radius 3 is 2.84 bits per heavy atom. The van der Waals surface area contributed by atoms with Gasteiger partial charge in [-0.05, 0) is 25.2 Å². The minimum Gasteiger partial charge on any atom is -0.473 e. The van der Waals surface area contributed by atoms with Crippen molar-refractivity contribution in [2.45, 2.75) is 65.1 Å². The number of nitrogens with zero attached hydrogens (tertiary/aromatic N) is 2. The van der Waals surface area contributed by atoms with Crippen molar-refractivity contribution in [3.63, 3.8) is 0 Å².